The quantitative estimate of drug-likeness (QED) is 0.632. The number of halogens is 1. The van der Waals surface area contributed by atoms with Gasteiger partial charge in [0.15, 0.2) is 17.3 Å². The number of rotatable bonds is 6. The SMILES string of the molecule is COc1ccc(C(=O)/C=C/c2cc(Cl)ccc2O)c(OC)c1OC. The molecule has 0 radical (unpaired) electrons. The van der Waals surface area contributed by atoms with E-state index in [4.69, 9.17) is 25.8 Å². The zero-order valence-corrected chi connectivity index (χ0v) is 14.3. The fourth-order valence-corrected chi connectivity index (χ4v) is 2.39. The molecule has 126 valence electrons. The van der Waals surface area contributed by atoms with Gasteiger partial charge in [0.25, 0.3) is 0 Å². The normalized spacial score (nSPS) is 10.7. The highest BCUT2D eigenvalue weighted by molar-refractivity contribution is 6.30. The molecule has 2 aromatic rings. The van der Waals surface area contributed by atoms with Gasteiger partial charge >= 0.3 is 0 Å². The van der Waals surface area contributed by atoms with Crippen LogP contribution in [0.1, 0.15) is 15.9 Å². The van der Waals surface area contributed by atoms with E-state index >= 15 is 0 Å². The van der Waals surface area contributed by atoms with Gasteiger partial charge in [-0.25, -0.2) is 0 Å². The molecule has 0 atom stereocenters. The first kappa shape index (κ1) is 17.7. The van der Waals surface area contributed by atoms with E-state index in [9.17, 15) is 9.90 Å². The molecule has 0 fully saturated rings. The number of methoxy groups -OCH3 is 3. The van der Waals surface area contributed by atoms with E-state index in [-0.39, 0.29) is 17.3 Å². The molecular formula is C18H17ClO5. The zero-order valence-electron chi connectivity index (χ0n) is 13.5. The van der Waals surface area contributed by atoms with Crippen LogP contribution < -0.4 is 14.2 Å². The van der Waals surface area contributed by atoms with Crippen LogP contribution in [-0.2, 0) is 0 Å². The van der Waals surface area contributed by atoms with E-state index in [1.165, 1.54) is 39.5 Å². The summed E-state index contributed by atoms with van der Waals surface area (Å²) >= 11 is 5.89. The molecule has 0 spiro atoms. The van der Waals surface area contributed by atoms with Crippen molar-refractivity contribution in [1.29, 1.82) is 0 Å². The summed E-state index contributed by atoms with van der Waals surface area (Å²) in [6.45, 7) is 0. The van der Waals surface area contributed by atoms with E-state index in [1.807, 2.05) is 0 Å². The topological polar surface area (TPSA) is 65.0 Å². The third-order valence-electron chi connectivity index (χ3n) is 3.37. The third-order valence-corrected chi connectivity index (χ3v) is 3.61. The summed E-state index contributed by atoms with van der Waals surface area (Å²) in [4.78, 5) is 12.5. The maximum atomic E-state index is 12.5. The standard InChI is InChI=1S/C18H17ClO5/c1-22-16-9-6-13(17(23-2)18(16)24-3)15(21)7-4-11-10-12(19)5-8-14(11)20/h4-10,20H,1-3H3/b7-4+. The zero-order chi connectivity index (χ0) is 17.7. The Morgan fingerprint density at radius 1 is 1.04 bits per heavy atom. The summed E-state index contributed by atoms with van der Waals surface area (Å²) in [7, 11) is 4.41. The predicted molar refractivity (Wildman–Crippen MR) is 92.6 cm³/mol. The van der Waals surface area contributed by atoms with Crippen molar-refractivity contribution < 1.29 is 24.1 Å². The summed E-state index contributed by atoms with van der Waals surface area (Å²) in [5, 5.41) is 10.2. The lowest BCUT2D eigenvalue weighted by atomic mass is 10.1. The molecule has 1 N–H and O–H groups in total. The summed E-state index contributed by atoms with van der Waals surface area (Å²) < 4.78 is 15.7. The van der Waals surface area contributed by atoms with Gasteiger partial charge in [-0.1, -0.05) is 11.6 Å². The number of benzene rings is 2. The predicted octanol–water partition coefficient (Wildman–Crippen LogP) is 3.97. The fourth-order valence-electron chi connectivity index (χ4n) is 2.21. The Kier molecular flexibility index (Phi) is 5.71. The Morgan fingerprint density at radius 2 is 1.75 bits per heavy atom. The second-order valence-corrected chi connectivity index (χ2v) is 5.22. The van der Waals surface area contributed by atoms with E-state index in [0.717, 1.165) is 0 Å². The molecule has 0 aliphatic carbocycles. The van der Waals surface area contributed by atoms with Crippen LogP contribution in [0, 0.1) is 0 Å². The molecule has 0 amide bonds. The molecule has 0 aliphatic heterocycles. The summed E-state index contributed by atoms with van der Waals surface area (Å²) in [6, 6.07) is 7.80. The number of allylic oxidation sites excluding steroid dienone is 1. The molecular weight excluding hydrogens is 332 g/mol. The van der Waals surface area contributed by atoms with Gasteiger partial charge in [-0.2, -0.15) is 0 Å². The van der Waals surface area contributed by atoms with Gasteiger partial charge in [0.05, 0.1) is 26.9 Å². The van der Waals surface area contributed by atoms with Gasteiger partial charge < -0.3 is 19.3 Å². The molecule has 0 bridgehead atoms. The summed E-state index contributed by atoms with van der Waals surface area (Å²) in [6.07, 6.45) is 2.81. The lowest BCUT2D eigenvalue weighted by Gasteiger charge is -2.14. The molecule has 2 rings (SSSR count). The minimum absolute atomic E-state index is 0.0303. The van der Waals surface area contributed by atoms with Crippen LogP contribution in [0.5, 0.6) is 23.0 Å². The first-order valence-corrected chi connectivity index (χ1v) is 7.39. The minimum Gasteiger partial charge on any atom is -0.507 e. The number of hydrogen-bond acceptors (Lipinski definition) is 5. The van der Waals surface area contributed by atoms with Crippen molar-refractivity contribution >= 4 is 23.5 Å². The molecule has 0 aromatic heterocycles. The molecule has 0 aliphatic rings. The second-order valence-electron chi connectivity index (χ2n) is 4.78. The molecule has 0 heterocycles. The summed E-state index contributed by atoms with van der Waals surface area (Å²) in [5.41, 5.74) is 0.753. The maximum Gasteiger partial charge on any atom is 0.204 e. The summed E-state index contributed by atoms with van der Waals surface area (Å²) in [5.74, 6) is 0.795. The van der Waals surface area contributed by atoms with E-state index in [1.54, 1.807) is 24.3 Å². The van der Waals surface area contributed by atoms with E-state index in [2.05, 4.69) is 0 Å². The number of carbonyl (C=O) groups is 1. The maximum absolute atomic E-state index is 12.5. The minimum atomic E-state index is -0.313. The smallest absolute Gasteiger partial charge is 0.204 e. The lowest BCUT2D eigenvalue weighted by Crippen LogP contribution is -2.02. The largest absolute Gasteiger partial charge is 0.507 e. The molecule has 0 unspecified atom stereocenters. The van der Waals surface area contributed by atoms with Gasteiger partial charge in [0.2, 0.25) is 5.75 Å². The highest BCUT2D eigenvalue weighted by Gasteiger charge is 2.19. The van der Waals surface area contributed by atoms with Gasteiger partial charge in [0, 0.05) is 10.6 Å². The van der Waals surface area contributed by atoms with Crippen LogP contribution in [0.2, 0.25) is 5.02 Å². The monoisotopic (exact) mass is 348 g/mol. The van der Waals surface area contributed by atoms with Crippen LogP contribution >= 0.6 is 11.6 Å². The third kappa shape index (κ3) is 3.63. The van der Waals surface area contributed by atoms with Crippen LogP contribution in [0.15, 0.2) is 36.4 Å². The number of ketones is 1. The number of phenolic OH excluding ortho intramolecular Hbond substituents is 1. The molecule has 0 saturated heterocycles. The molecule has 24 heavy (non-hydrogen) atoms. The molecule has 2 aromatic carbocycles. The van der Waals surface area contributed by atoms with Crippen molar-refractivity contribution in [3.05, 3.63) is 52.6 Å². The van der Waals surface area contributed by atoms with Crippen LogP contribution in [-0.4, -0.2) is 32.2 Å². The number of phenols is 1. The Morgan fingerprint density at radius 3 is 2.38 bits per heavy atom. The van der Waals surface area contributed by atoms with Crippen molar-refractivity contribution in [1.82, 2.24) is 0 Å². The Balaban J connectivity index is 2.39. The van der Waals surface area contributed by atoms with Crippen LogP contribution in [0.3, 0.4) is 0 Å². The number of hydrogen-bond donors (Lipinski definition) is 1. The van der Waals surface area contributed by atoms with Gasteiger partial charge in [0.1, 0.15) is 5.75 Å². The second kappa shape index (κ2) is 7.75. The fraction of sp³-hybridized carbons (Fsp3) is 0.167. The van der Waals surface area contributed by atoms with Crippen molar-refractivity contribution in [3.8, 4) is 23.0 Å². The van der Waals surface area contributed by atoms with Crippen molar-refractivity contribution in [2.24, 2.45) is 0 Å². The number of carbonyl (C=O) groups excluding carboxylic acids is 1. The van der Waals surface area contributed by atoms with Gasteiger partial charge in [-0.3, -0.25) is 4.79 Å². The van der Waals surface area contributed by atoms with Crippen molar-refractivity contribution in [3.63, 3.8) is 0 Å². The highest BCUT2D eigenvalue weighted by atomic mass is 35.5. The van der Waals surface area contributed by atoms with Crippen LogP contribution in [0.25, 0.3) is 6.08 Å². The van der Waals surface area contributed by atoms with Gasteiger partial charge in [-0.15, -0.1) is 0 Å². The average molecular weight is 349 g/mol. The Bertz CT molecular complexity index is 783. The average Bonchev–Trinajstić information content (AvgIpc) is 2.60. The number of ether oxygens (including phenoxy) is 3. The van der Waals surface area contributed by atoms with E-state index < -0.39 is 0 Å². The first-order valence-electron chi connectivity index (χ1n) is 7.01. The Labute approximate surface area is 145 Å². The highest BCUT2D eigenvalue weighted by Crippen LogP contribution is 2.40. The molecule has 0 saturated carbocycles. The van der Waals surface area contributed by atoms with Crippen LogP contribution in [0.4, 0.5) is 0 Å². The van der Waals surface area contributed by atoms with Crippen molar-refractivity contribution in [2.75, 3.05) is 21.3 Å². The molecule has 5 nitrogen and oxygen atoms in total. The Hall–Kier alpha value is -2.66. The lowest BCUT2D eigenvalue weighted by molar-refractivity contribution is 0.104. The molecule has 6 heteroatoms. The van der Waals surface area contributed by atoms with E-state index in [0.29, 0.717) is 27.6 Å². The van der Waals surface area contributed by atoms with Gasteiger partial charge in [-0.05, 0) is 42.5 Å². The number of aromatic hydroxyl groups is 1. The van der Waals surface area contributed by atoms with Crippen molar-refractivity contribution in [2.45, 2.75) is 0 Å². The first-order chi connectivity index (χ1) is 11.5.